The van der Waals surface area contributed by atoms with Gasteiger partial charge in [0.05, 0.1) is 0 Å². The molecule has 1 saturated heterocycles. The van der Waals surface area contributed by atoms with Gasteiger partial charge >= 0.3 is 0 Å². The highest BCUT2D eigenvalue weighted by molar-refractivity contribution is 14.1. The number of hydrogen-bond donors (Lipinski definition) is 0. The molecule has 24 heavy (non-hydrogen) atoms. The van der Waals surface area contributed by atoms with E-state index in [0.717, 1.165) is 3.57 Å². The number of hydrogen-bond acceptors (Lipinski definition) is 2. The number of carbonyl (C=O) groups is 2. The van der Waals surface area contributed by atoms with Crippen LogP contribution in [0.3, 0.4) is 0 Å². The summed E-state index contributed by atoms with van der Waals surface area (Å²) >= 11 is 8.15. The van der Waals surface area contributed by atoms with Gasteiger partial charge in [0.2, 0.25) is 0 Å². The molecule has 0 spiro atoms. The minimum Gasteiger partial charge on any atom is -0.335 e. The van der Waals surface area contributed by atoms with Gasteiger partial charge in [0.15, 0.2) is 0 Å². The second-order valence-corrected chi connectivity index (χ2v) is 7.29. The van der Waals surface area contributed by atoms with Crippen LogP contribution in [-0.4, -0.2) is 47.8 Å². The molecule has 0 bridgehead atoms. The third kappa shape index (κ3) is 3.89. The minimum absolute atomic E-state index is 0.0170. The van der Waals surface area contributed by atoms with E-state index in [4.69, 9.17) is 11.6 Å². The fourth-order valence-electron chi connectivity index (χ4n) is 2.72. The largest absolute Gasteiger partial charge is 0.335 e. The average Bonchev–Trinajstić information content (AvgIpc) is 2.60. The van der Waals surface area contributed by atoms with Gasteiger partial charge in [0, 0.05) is 45.9 Å². The summed E-state index contributed by atoms with van der Waals surface area (Å²) in [6.07, 6.45) is 0. The number of carbonyl (C=O) groups excluding carboxylic acids is 2. The van der Waals surface area contributed by atoms with Crippen LogP contribution in [0.2, 0.25) is 5.02 Å². The number of rotatable bonds is 2. The predicted molar refractivity (Wildman–Crippen MR) is 102 cm³/mol. The van der Waals surface area contributed by atoms with Crippen LogP contribution in [0.5, 0.6) is 0 Å². The Bertz CT molecular complexity index is 708. The Morgan fingerprint density at radius 1 is 0.833 bits per heavy atom. The Hall–Kier alpha value is -1.60. The molecule has 1 aliphatic rings. The normalized spacial score (nSPS) is 14.6. The molecule has 0 aromatic heterocycles. The quantitative estimate of drug-likeness (QED) is 0.651. The van der Waals surface area contributed by atoms with Crippen LogP contribution in [0.4, 0.5) is 0 Å². The molecule has 1 fully saturated rings. The molecule has 3 rings (SSSR count). The van der Waals surface area contributed by atoms with Crippen LogP contribution in [0.25, 0.3) is 0 Å². The van der Waals surface area contributed by atoms with Gasteiger partial charge in [-0.2, -0.15) is 0 Å². The smallest absolute Gasteiger partial charge is 0.254 e. The topological polar surface area (TPSA) is 40.6 Å². The number of benzene rings is 2. The van der Waals surface area contributed by atoms with Crippen molar-refractivity contribution in [2.45, 2.75) is 0 Å². The molecular weight excluding hydrogens is 439 g/mol. The van der Waals surface area contributed by atoms with Crippen molar-refractivity contribution in [2.24, 2.45) is 0 Å². The standard InChI is InChI=1S/C18H16ClIN2O2/c19-15-5-1-3-13(11-15)17(23)21-7-9-22(10-8-21)18(24)14-4-2-6-16(20)12-14/h1-6,11-12H,7-10H2. The molecule has 0 aliphatic carbocycles. The Kier molecular flexibility index (Phi) is 5.40. The first-order valence-corrected chi connectivity index (χ1v) is 9.10. The maximum Gasteiger partial charge on any atom is 0.254 e. The number of amides is 2. The Labute approximate surface area is 159 Å². The zero-order valence-electron chi connectivity index (χ0n) is 12.9. The molecule has 0 saturated carbocycles. The average molecular weight is 455 g/mol. The van der Waals surface area contributed by atoms with Gasteiger partial charge in [0.1, 0.15) is 0 Å². The molecule has 0 N–H and O–H groups in total. The van der Waals surface area contributed by atoms with Crippen molar-refractivity contribution in [1.82, 2.24) is 9.80 Å². The van der Waals surface area contributed by atoms with Crippen LogP contribution in [0.1, 0.15) is 20.7 Å². The van der Waals surface area contributed by atoms with Crippen LogP contribution >= 0.6 is 34.2 Å². The van der Waals surface area contributed by atoms with Crippen LogP contribution in [0, 0.1) is 3.57 Å². The monoisotopic (exact) mass is 454 g/mol. The van der Waals surface area contributed by atoms with Crippen molar-refractivity contribution < 1.29 is 9.59 Å². The van der Waals surface area contributed by atoms with E-state index in [2.05, 4.69) is 22.6 Å². The highest BCUT2D eigenvalue weighted by atomic mass is 127. The summed E-state index contributed by atoms with van der Waals surface area (Å²) in [4.78, 5) is 28.6. The Morgan fingerprint density at radius 2 is 1.33 bits per heavy atom. The first-order chi connectivity index (χ1) is 11.5. The lowest BCUT2D eigenvalue weighted by molar-refractivity contribution is 0.0535. The lowest BCUT2D eigenvalue weighted by Gasteiger charge is -2.35. The molecule has 4 nitrogen and oxygen atoms in total. The van der Waals surface area contributed by atoms with E-state index >= 15 is 0 Å². The lowest BCUT2D eigenvalue weighted by atomic mass is 10.1. The molecule has 124 valence electrons. The second kappa shape index (κ2) is 7.53. The predicted octanol–water partition coefficient (Wildman–Crippen LogP) is 3.54. The summed E-state index contributed by atoms with van der Waals surface area (Å²) in [5.74, 6) is -0.0257. The van der Waals surface area contributed by atoms with Gasteiger partial charge in [0.25, 0.3) is 11.8 Å². The second-order valence-electron chi connectivity index (χ2n) is 5.61. The van der Waals surface area contributed by atoms with E-state index in [0.29, 0.717) is 42.3 Å². The summed E-state index contributed by atoms with van der Waals surface area (Å²) in [7, 11) is 0. The van der Waals surface area contributed by atoms with E-state index in [1.807, 2.05) is 24.3 Å². The zero-order chi connectivity index (χ0) is 17.1. The van der Waals surface area contributed by atoms with Gasteiger partial charge in [-0.3, -0.25) is 9.59 Å². The van der Waals surface area contributed by atoms with Crippen LogP contribution in [-0.2, 0) is 0 Å². The molecule has 6 heteroatoms. The first-order valence-electron chi connectivity index (χ1n) is 7.64. The van der Waals surface area contributed by atoms with Gasteiger partial charge in [-0.25, -0.2) is 0 Å². The molecular formula is C18H16ClIN2O2. The van der Waals surface area contributed by atoms with Crippen molar-refractivity contribution in [3.8, 4) is 0 Å². The first kappa shape index (κ1) is 17.2. The van der Waals surface area contributed by atoms with Gasteiger partial charge in [-0.05, 0) is 59.0 Å². The van der Waals surface area contributed by atoms with Gasteiger partial charge in [-0.1, -0.05) is 23.7 Å². The number of nitrogens with zero attached hydrogens (tertiary/aromatic N) is 2. The van der Waals surface area contributed by atoms with Gasteiger partial charge in [-0.15, -0.1) is 0 Å². The summed E-state index contributed by atoms with van der Waals surface area (Å²) in [5.41, 5.74) is 1.27. The molecule has 0 radical (unpaired) electrons. The molecule has 2 amide bonds. The van der Waals surface area contributed by atoms with E-state index in [-0.39, 0.29) is 11.8 Å². The zero-order valence-corrected chi connectivity index (χ0v) is 15.8. The molecule has 2 aromatic carbocycles. The molecule has 1 aliphatic heterocycles. The fourth-order valence-corrected chi connectivity index (χ4v) is 3.45. The Morgan fingerprint density at radius 3 is 1.83 bits per heavy atom. The lowest BCUT2D eigenvalue weighted by Crippen LogP contribution is -2.50. The molecule has 0 unspecified atom stereocenters. The van der Waals surface area contributed by atoms with E-state index < -0.39 is 0 Å². The summed E-state index contributed by atoms with van der Waals surface area (Å²) in [5, 5.41) is 0.549. The summed E-state index contributed by atoms with van der Waals surface area (Å²) < 4.78 is 1.04. The third-order valence-corrected chi connectivity index (χ3v) is 4.90. The Balaban J connectivity index is 1.63. The minimum atomic E-state index is -0.0427. The van der Waals surface area contributed by atoms with Gasteiger partial charge < -0.3 is 9.80 Å². The van der Waals surface area contributed by atoms with Crippen LogP contribution < -0.4 is 0 Å². The fraction of sp³-hybridized carbons (Fsp3) is 0.222. The molecule has 1 heterocycles. The number of halogens is 2. The highest BCUT2D eigenvalue weighted by Crippen LogP contribution is 2.16. The van der Waals surface area contributed by atoms with Crippen LogP contribution in [0.15, 0.2) is 48.5 Å². The van der Waals surface area contributed by atoms with Crippen molar-refractivity contribution in [3.05, 3.63) is 68.3 Å². The van der Waals surface area contributed by atoms with Crippen molar-refractivity contribution in [3.63, 3.8) is 0 Å². The SMILES string of the molecule is O=C(c1cccc(Cl)c1)N1CCN(C(=O)c2cccc(I)c2)CC1. The van der Waals surface area contributed by atoms with E-state index in [1.54, 1.807) is 34.1 Å². The number of piperazine rings is 1. The molecule has 0 atom stereocenters. The van der Waals surface area contributed by atoms with Crippen molar-refractivity contribution >= 4 is 46.0 Å². The van der Waals surface area contributed by atoms with Crippen molar-refractivity contribution in [2.75, 3.05) is 26.2 Å². The summed E-state index contributed by atoms with van der Waals surface area (Å²) in [6.45, 7) is 2.13. The van der Waals surface area contributed by atoms with E-state index in [9.17, 15) is 9.59 Å². The highest BCUT2D eigenvalue weighted by Gasteiger charge is 2.25. The molecule has 2 aromatic rings. The third-order valence-electron chi connectivity index (χ3n) is 4.00. The van der Waals surface area contributed by atoms with E-state index in [1.165, 1.54) is 0 Å². The maximum atomic E-state index is 12.5. The maximum absolute atomic E-state index is 12.5. The van der Waals surface area contributed by atoms with Crippen molar-refractivity contribution in [1.29, 1.82) is 0 Å². The summed E-state index contributed by atoms with van der Waals surface area (Å²) in [6, 6.07) is 14.5.